The predicted octanol–water partition coefficient (Wildman–Crippen LogP) is 1.45. The number of fused-ring (bicyclic) bond motifs is 1. The summed E-state index contributed by atoms with van der Waals surface area (Å²) in [6.07, 6.45) is 1.73. The number of rotatable bonds is 2. The molecule has 5 nitrogen and oxygen atoms in total. The molecule has 94 valence electrons. The van der Waals surface area contributed by atoms with Gasteiger partial charge in [-0.2, -0.15) is 0 Å². The first kappa shape index (κ1) is 12.2. The summed E-state index contributed by atoms with van der Waals surface area (Å²) < 4.78 is 5.39. The highest BCUT2D eigenvalue weighted by Crippen LogP contribution is 2.22. The normalized spacial score (nSPS) is 10.3. The SMILES string of the molecule is CC(=O)NNC(=O)Cc1coc2cc(C)ccc12. The lowest BCUT2D eigenvalue weighted by Crippen LogP contribution is -2.41. The standard InChI is InChI=1S/C13H14N2O3/c1-8-3-4-11-10(7-18-12(11)5-8)6-13(17)15-14-9(2)16/h3-5,7H,6H2,1-2H3,(H,14,16)(H,15,17). The summed E-state index contributed by atoms with van der Waals surface area (Å²) in [4.78, 5) is 22.2. The van der Waals surface area contributed by atoms with Crippen molar-refractivity contribution >= 4 is 22.8 Å². The van der Waals surface area contributed by atoms with Crippen LogP contribution in [0.3, 0.4) is 0 Å². The van der Waals surface area contributed by atoms with Gasteiger partial charge < -0.3 is 4.42 Å². The molecule has 1 heterocycles. The lowest BCUT2D eigenvalue weighted by atomic mass is 10.1. The zero-order chi connectivity index (χ0) is 13.1. The van der Waals surface area contributed by atoms with E-state index < -0.39 is 0 Å². The molecule has 0 fully saturated rings. The number of carbonyl (C=O) groups excluding carboxylic acids is 2. The molecular formula is C13H14N2O3. The van der Waals surface area contributed by atoms with Crippen molar-refractivity contribution in [3.63, 3.8) is 0 Å². The lowest BCUT2D eigenvalue weighted by molar-refractivity contribution is -0.127. The number of hydrazine groups is 1. The van der Waals surface area contributed by atoms with Gasteiger partial charge in [-0.25, -0.2) is 0 Å². The van der Waals surface area contributed by atoms with E-state index in [0.717, 1.165) is 22.1 Å². The summed E-state index contributed by atoms with van der Waals surface area (Å²) in [6.45, 7) is 3.31. The molecule has 0 radical (unpaired) electrons. The zero-order valence-electron chi connectivity index (χ0n) is 10.2. The third kappa shape index (κ3) is 2.68. The second-order valence-corrected chi connectivity index (χ2v) is 4.17. The van der Waals surface area contributed by atoms with Crippen LogP contribution in [-0.2, 0) is 16.0 Å². The topological polar surface area (TPSA) is 71.3 Å². The Bertz CT molecular complexity index is 601. The van der Waals surface area contributed by atoms with Crippen LogP contribution in [-0.4, -0.2) is 11.8 Å². The van der Waals surface area contributed by atoms with Crippen molar-refractivity contribution in [2.24, 2.45) is 0 Å². The van der Waals surface area contributed by atoms with Crippen LogP contribution in [0.5, 0.6) is 0 Å². The molecule has 2 aromatic rings. The van der Waals surface area contributed by atoms with Gasteiger partial charge in [-0.15, -0.1) is 0 Å². The van der Waals surface area contributed by atoms with Crippen molar-refractivity contribution in [2.75, 3.05) is 0 Å². The number of amides is 2. The Morgan fingerprint density at radius 2 is 2.06 bits per heavy atom. The van der Waals surface area contributed by atoms with Crippen molar-refractivity contribution < 1.29 is 14.0 Å². The van der Waals surface area contributed by atoms with Crippen molar-refractivity contribution in [3.8, 4) is 0 Å². The van der Waals surface area contributed by atoms with E-state index in [0.29, 0.717) is 0 Å². The third-order valence-electron chi connectivity index (χ3n) is 2.54. The average molecular weight is 246 g/mol. The Morgan fingerprint density at radius 1 is 1.28 bits per heavy atom. The number of hydrogen-bond acceptors (Lipinski definition) is 3. The van der Waals surface area contributed by atoms with E-state index in [1.807, 2.05) is 25.1 Å². The highest BCUT2D eigenvalue weighted by molar-refractivity contribution is 5.88. The summed E-state index contributed by atoms with van der Waals surface area (Å²) in [7, 11) is 0. The molecule has 2 N–H and O–H groups in total. The second kappa shape index (κ2) is 4.91. The van der Waals surface area contributed by atoms with E-state index in [9.17, 15) is 9.59 Å². The number of nitrogens with one attached hydrogen (secondary N) is 2. The molecule has 2 amide bonds. The van der Waals surface area contributed by atoms with E-state index >= 15 is 0 Å². The summed E-state index contributed by atoms with van der Waals surface area (Å²) >= 11 is 0. The van der Waals surface area contributed by atoms with Crippen LogP contribution in [0.15, 0.2) is 28.9 Å². The maximum atomic E-state index is 11.6. The molecule has 0 saturated heterocycles. The van der Waals surface area contributed by atoms with Gasteiger partial charge in [-0.3, -0.25) is 20.4 Å². The number of benzene rings is 1. The second-order valence-electron chi connectivity index (χ2n) is 4.17. The summed E-state index contributed by atoms with van der Waals surface area (Å²) in [6, 6.07) is 5.81. The average Bonchev–Trinajstić information content (AvgIpc) is 2.69. The first-order valence-electron chi connectivity index (χ1n) is 5.58. The van der Waals surface area contributed by atoms with E-state index in [4.69, 9.17) is 4.42 Å². The maximum absolute atomic E-state index is 11.6. The van der Waals surface area contributed by atoms with E-state index in [2.05, 4.69) is 10.9 Å². The van der Waals surface area contributed by atoms with Crippen molar-refractivity contribution in [3.05, 3.63) is 35.6 Å². The van der Waals surface area contributed by atoms with Crippen molar-refractivity contribution in [2.45, 2.75) is 20.3 Å². The van der Waals surface area contributed by atoms with Crippen LogP contribution < -0.4 is 10.9 Å². The molecule has 2 rings (SSSR count). The van der Waals surface area contributed by atoms with Gasteiger partial charge in [0.1, 0.15) is 5.58 Å². The molecule has 5 heteroatoms. The molecule has 1 aromatic heterocycles. The van der Waals surface area contributed by atoms with Gasteiger partial charge in [0.2, 0.25) is 11.8 Å². The monoisotopic (exact) mass is 246 g/mol. The van der Waals surface area contributed by atoms with Gasteiger partial charge in [0, 0.05) is 17.9 Å². The first-order valence-corrected chi connectivity index (χ1v) is 5.58. The van der Waals surface area contributed by atoms with E-state index in [-0.39, 0.29) is 18.2 Å². The van der Waals surface area contributed by atoms with Crippen LogP contribution in [0.2, 0.25) is 0 Å². The molecule has 0 spiro atoms. The summed E-state index contributed by atoms with van der Waals surface area (Å²) in [5, 5.41) is 0.915. The molecule has 0 atom stereocenters. The maximum Gasteiger partial charge on any atom is 0.242 e. The smallest absolute Gasteiger partial charge is 0.242 e. The van der Waals surface area contributed by atoms with Crippen LogP contribution in [0, 0.1) is 6.92 Å². The van der Waals surface area contributed by atoms with E-state index in [1.54, 1.807) is 6.26 Å². The molecule has 0 aliphatic heterocycles. The van der Waals surface area contributed by atoms with Gasteiger partial charge >= 0.3 is 0 Å². The highest BCUT2D eigenvalue weighted by atomic mass is 16.3. The Hall–Kier alpha value is -2.30. The predicted molar refractivity (Wildman–Crippen MR) is 66.6 cm³/mol. The molecule has 0 aliphatic carbocycles. The van der Waals surface area contributed by atoms with Gasteiger partial charge in [0.25, 0.3) is 0 Å². The fourth-order valence-electron chi connectivity index (χ4n) is 1.70. The number of furan rings is 1. The minimum absolute atomic E-state index is 0.163. The highest BCUT2D eigenvalue weighted by Gasteiger charge is 2.10. The fraction of sp³-hybridized carbons (Fsp3) is 0.231. The van der Waals surface area contributed by atoms with Crippen LogP contribution in [0.25, 0.3) is 11.0 Å². The minimum Gasteiger partial charge on any atom is -0.464 e. The van der Waals surface area contributed by atoms with Crippen LogP contribution in [0.4, 0.5) is 0 Å². The molecule has 1 aromatic carbocycles. The molecule has 0 saturated carbocycles. The quantitative estimate of drug-likeness (QED) is 0.788. The summed E-state index contributed by atoms with van der Waals surface area (Å²) in [5.74, 6) is -0.593. The Balaban J connectivity index is 2.12. The molecule has 0 bridgehead atoms. The van der Waals surface area contributed by atoms with Crippen LogP contribution >= 0.6 is 0 Å². The fourth-order valence-corrected chi connectivity index (χ4v) is 1.70. The summed E-state index contributed by atoms with van der Waals surface area (Å²) in [5.41, 5.74) is 7.23. The van der Waals surface area contributed by atoms with Crippen molar-refractivity contribution in [1.29, 1.82) is 0 Å². The van der Waals surface area contributed by atoms with Gasteiger partial charge in [0.15, 0.2) is 0 Å². The molecular weight excluding hydrogens is 232 g/mol. The van der Waals surface area contributed by atoms with E-state index in [1.165, 1.54) is 6.92 Å². The largest absolute Gasteiger partial charge is 0.464 e. The Labute approximate surface area is 104 Å². The third-order valence-corrected chi connectivity index (χ3v) is 2.54. The van der Waals surface area contributed by atoms with Crippen LogP contribution in [0.1, 0.15) is 18.1 Å². The first-order chi connectivity index (χ1) is 8.56. The van der Waals surface area contributed by atoms with Gasteiger partial charge in [0.05, 0.1) is 12.7 Å². The Kier molecular flexibility index (Phi) is 3.32. The molecule has 0 aliphatic rings. The number of carbonyl (C=O) groups is 2. The zero-order valence-corrected chi connectivity index (χ0v) is 10.2. The molecule has 18 heavy (non-hydrogen) atoms. The number of hydrogen-bond donors (Lipinski definition) is 2. The Morgan fingerprint density at radius 3 is 2.78 bits per heavy atom. The molecule has 0 unspecified atom stereocenters. The van der Waals surface area contributed by atoms with Gasteiger partial charge in [-0.1, -0.05) is 12.1 Å². The lowest BCUT2D eigenvalue weighted by Gasteiger charge is -2.03. The minimum atomic E-state index is -0.309. The van der Waals surface area contributed by atoms with Crippen molar-refractivity contribution in [1.82, 2.24) is 10.9 Å². The van der Waals surface area contributed by atoms with Gasteiger partial charge in [-0.05, 0) is 18.6 Å². The number of aryl methyl sites for hydroxylation is 1.